The predicted octanol–water partition coefficient (Wildman–Crippen LogP) is 3.92. The van der Waals surface area contributed by atoms with Crippen molar-refractivity contribution in [1.29, 1.82) is 0 Å². The van der Waals surface area contributed by atoms with Crippen LogP contribution < -0.4 is 11.1 Å². The Morgan fingerprint density at radius 3 is 2.84 bits per heavy atom. The summed E-state index contributed by atoms with van der Waals surface area (Å²) >= 11 is 0. The summed E-state index contributed by atoms with van der Waals surface area (Å²) in [5.74, 6) is 0.633. The van der Waals surface area contributed by atoms with Crippen molar-refractivity contribution in [2.45, 2.75) is 51.6 Å². The molecule has 1 saturated heterocycles. The lowest BCUT2D eigenvalue weighted by molar-refractivity contribution is 0.103. The number of aromatic nitrogens is 4. The molecule has 0 amide bonds. The normalized spacial score (nSPS) is 19.0. The Morgan fingerprint density at radius 2 is 2.13 bits per heavy atom. The van der Waals surface area contributed by atoms with Crippen molar-refractivity contribution in [3.8, 4) is 11.1 Å². The lowest BCUT2D eigenvalue weighted by Crippen LogP contribution is -2.38. The molecule has 0 bridgehead atoms. The highest BCUT2D eigenvalue weighted by Crippen LogP contribution is 2.31. The number of rotatable bonds is 6. The first-order chi connectivity index (χ1) is 14.9. The zero-order chi connectivity index (χ0) is 22.0. The monoisotopic (exact) mass is 418 g/mol. The number of hydrogen-bond acceptors (Lipinski definition) is 6. The van der Waals surface area contributed by atoms with Gasteiger partial charge in [-0.25, -0.2) is 9.97 Å². The first-order valence-electron chi connectivity index (χ1n) is 10.9. The molecule has 0 aliphatic carbocycles. The quantitative estimate of drug-likeness (QED) is 0.589. The third-order valence-corrected chi connectivity index (χ3v) is 5.83. The van der Waals surface area contributed by atoms with E-state index in [4.69, 9.17) is 10.7 Å². The van der Waals surface area contributed by atoms with Crippen LogP contribution in [0.25, 0.3) is 11.1 Å². The average Bonchev–Trinajstić information content (AvgIpc) is 3.19. The Bertz CT molecular complexity index is 1070. The van der Waals surface area contributed by atoms with Gasteiger partial charge in [0.2, 0.25) is 5.78 Å². The van der Waals surface area contributed by atoms with Gasteiger partial charge in [-0.1, -0.05) is 19.9 Å². The van der Waals surface area contributed by atoms with Crippen LogP contribution in [0.3, 0.4) is 0 Å². The molecular formula is C24H30N6O. The number of ketones is 1. The molecule has 0 spiro atoms. The summed E-state index contributed by atoms with van der Waals surface area (Å²) in [6.07, 6.45) is 9.70. The van der Waals surface area contributed by atoms with Gasteiger partial charge in [0.05, 0.1) is 17.5 Å². The van der Waals surface area contributed by atoms with E-state index in [2.05, 4.69) is 29.2 Å². The summed E-state index contributed by atoms with van der Waals surface area (Å²) in [7, 11) is 1.85. The predicted molar refractivity (Wildman–Crippen MR) is 121 cm³/mol. The number of aryl methyl sites for hydroxylation is 1. The van der Waals surface area contributed by atoms with E-state index < -0.39 is 0 Å². The summed E-state index contributed by atoms with van der Waals surface area (Å²) < 4.78 is 1.72. The molecule has 1 aliphatic heterocycles. The lowest BCUT2D eigenvalue weighted by atomic mass is 9.90. The zero-order valence-corrected chi connectivity index (χ0v) is 18.4. The van der Waals surface area contributed by atoms with Crippen molar-refractivity contribution < 1.29 is 4.79 Å². The largest absolute Gasteiger partial charge is 0.383 e. The van der Waals surface area contributed by atoms with Gasteiger partial charge in [-0.05, 0) is 49.8 Å². The smallest absolute Gasteiger partial charge is 0.215 e. The van der Waals surface area contributed by atoms with Gasteiger partial charge in [0.1, 0.15) is 11.5 Å². The number of piperidine rings is 1. The second-order valence-electron chi connectivity index (χ2n) is 8.78. The molecule has 7 nitrogen and oxygen atoms in total. The van der Waals surface area contributed by atoms with E-state index >= 15 is 0 Å². The Hall–Kier alpha value is -3.06. The van der Waals surface area contributed by atoms with Crippen LogP contribution in [0.1, 0.15) is 67.3 Å². The maximum Gasteiger partial charge on any atom is 0.215 e. The minimum atomic E-state index is -0.221. The van der Waals surface area contributed by atoms with Gasteiger partial charge < -0.3 is 11.1 Å². The maximum atomic E-state index is 13.5. The number of nitrogens with zero attached hydrogens (tertiary/aromatic N) is 4. The number of nitrogen functional groups attached to an aromatic ring is 1. The van der Waals surface area contributed by atoms with E-state index in [1.165, 1.54) is 6.42 Å². The summed E-state index contributed by atoms with van der Waals surface area (Å²) in [4.78, 5) is 22.4. The molecule has 1 unspecified atom stereocenters. The van der Waals surface area contributed by atoms with Crippen LogP contribution in [0.4, 0.5) is 5.82 Å². The van der Waals surface area contributed by atoms with Gasteiger partial charge in [0.15, 0.2) is 0 Å². The molecule has 3 N–H and O–H groups in total. The van der Waals surface area contributed by atoms with E-state index in [9.17, 15) is 4.79 Å². The van der Waals surface area contributed by atoms with E-state index in [0.29, 0.717) is 23.2 Å². The van der Waals surface area contributed by atoms with Crippen LogP contribution in [0.5, 0.6) is 0 Å². The van der Waals surface area contributed by atoms with Gasteiger partial charge in [0, 0.05) is 42.7 Å². The minimum absolute atomic E-state index is 0.137. The molecule has 3 aromatic rings. The van der Waals surface area contributed by atoms with Crippen LogP contribution in [0, 0.1) is 5.92 Å². The molecular weight excluding hydrogens is 388 g/mol. The van der Waals surface area contributed by atoms with E-state index in [-0.39, 0.29) is 17.6 Å². The molecule has 2 atom stereocenters. The van der Waals surface area contributed by atoms with Crippen molar-refractivity contribution in [3.05, 3.63) is 59.8 Å². The summed E-state index contributed by atoms with van der Waals surface area (Å²) in [6, 6.07) is 8.04. The molecule has 0 aromatic carbocycles. The second-order valence-corrected chi connectivity index (χ2v) is 8.78. The zero-order valence-electron chi connectivity index (χ0n) is 18.4. The number of hydrogen-bond donors (Lipinski definition) is 2. The first-order valence-corrected chi connectivity index (χ1v) is 10.9. The second kappa shape index (κ2) is 8.98. The molecule has 1 aliphatic rings. The third-order valence-electron chi connectivity index (χ3n) is 5.83. The van der Waals surface area contributed by atoms with Gasteiger partial charge in [-0.2, -0.15) is 5.10 Å². The van der Waals surface area contributed by atoms with Gasteiger partial charge in [0.25, 0.3) is 0 Å². The summed E-state index contributed by atoms with van der Waals surface area (Å²) in [6.45, 7) is 4.50. The molecule has 4 rings (SSSR count). The molecule has 31 heavy (non-hydrogen) atoms. The fraction of sp³-hybridized carbons (Fsp3) is 0.417. The number of carbonyl (C=O) groups is 1. The standard InChI is InChI=1S/C24H30N6O/c1-15(2)12-17-6-4-8-20(28-17)21-10-9-18(16-13-27-30(3)14-16)22(29-21)23(31)19-7-5-11-26-24(19)25/h5,7,9-11,13-15,17,20,28H,4,6,8,12H2,1-3H3,(H2,25,26)/t17-,20?/m0/s1. The Balaban J connectivity index is 1.73. The molecule has 162 valence electrons. The van der Waals surface area contributed by atoms with Crippen LogP contribution >= 0.6 is 0 Å². The van der Waals surface area contributed by atoms with Crippen molar-refractivity contribution >= 4 is 11.6 Å². The fourth-order valence-electron chi connectivity index (χ4n) is 4.38. The van der Waals surface area contributed by atoms with E-state index in [0.717, 1.165) is 36.1 Å². The fourth-order valence-corrected chi connectivity index (χ4v) is 4.38. The molecule has 0 saturated carbocycles. The Labute approximate surface area is 183 Å². The number of nitrogens with two attached hydrogens (primary N) is 1. The first kappa shape index (κ1) is 21.2. The highest BCUT2D eigenvalue weighted by molar-refractivity contribution is 6.13. The minimum Gasteiger partial charge on any atom is -0.383 e. The SMILES string of the molecule is CC(C)C[C@@H]1CCCC(c2ccc(-c3cnn(C)c3)c(C(=O)c3cccnc3N)n2)N1. The highest BCUT2D eigenvalue weighted by Gasteiger charge is 2.26. The Morgan fingerprint density at radius 1 is 1.29 bits per heavy atom. The number of pyridine rings is 2. The van der Waals surface area contributed by atoms with Crippen molar-refractivity contribution in [3.63, 3.8) is 0 Å². The number of carbonyl (C=O) groups excluding carboxylic acids is 1. The maximum absolute atomic E-state index is 13.5. The third kappa shape index (κ3) is 4.66. The van der Waals surface area contributed by atoms with Crippen LogP contribution in [-0.2, 0) is 7.05 Å². The van der Waals surface area contributed by atoms with Crippen molar-refractivity contribution in [2.24, 2.45) is 13.0 Å². The molecule has 7 heteroatoms. The topological polar surface area (TPSA) is 98.7 Å². The van der Waals surface area contributed by atoms with Crippen LogP contribution in [0.2, 0.25) is 0 Å². The van der Waals surface area contributed by atoms with E-state index in [1.54, 1.807) is 29.2 Å². The van der Waals surface area contributed by atoms with E-state index in [1.807, 2.05) is 25.4 Å². The van der Waals surface area contributed by atoms with Crippen molar-refractivity contribution in [1.82, 2.24) is 25.1 Å². The average molecular weight is 419 g/mol. The van der Waals surface area contributed by atoms with Gasteiger partial charge in [-0.15, -0.1) is 0 Å². The van der Waals surface area contributed by atoms with Gasteiger partial charge in [-0.3, -0.25) is 9.48 Å². The lowest BCUT2D eigenvalue weighted by Gasteiger charge is -2.32. The number of nitrogens with one attached hydrogen (secondary N) is 1. The van der Waals surface area contributed by atoms with Crippen LogP contribution in [0.15, 0.2) is 42.9 Å². The van der Waals surface area contributed by atoms with Crippen molar-refractivity contribution in [2.75, 3.05) is 5.73 Å². The van der Waals surface area contributed by atoms with Crippen LogP contribution in [-0.4, -0.2) is 31.6 Å². The highest BCUT2D eigenvalue weighted by atomic mass is 16.1. The summed E-state index contributed by atoms with van der Waals surface area (Å²) in [5, 5.41) is 8.02. The van der Waals surface area contributed by atoms with Gasteiger partial charge >= 0.3 is 0 Å². The molecule has 0 radical (unpaired) electrons. The molecule has 4 heterocycles. The Kier molecular flexibility index (Phi) is 6.13. The number of anilines is 1. The molecule has 3 aromatic heterocycles. The summed E-state index contributed by atoms with van der Waals surface area (Å²) in [5.41, 5.74) is 9.26. The molecule has 1 fully saturated rings.